The van der Waals surface area contributed by atoms with Gasteiger partial charge in [0.1, 0.15) is 5.75 Å². The smallest absolute Gasteiger partial charge is 0.119 e. The number of phenols is 1. The highest BCUT2D eigenvalue weighted by molar-refractivity contribution is 6.31. The van der Waals surface area contributed by atoms with Crippen molar-refractivity contribution in [1.82, 2.24) is 4.90 Å². The third-order valence-electron chi connectivity index (χ3n) is 4.20. The zero-order valence-electron chi connectivity index (χ0n) is 11.8. The number of rotatable bonds is 2. The molecule has 1 saturated heterocycles. The van der Waals surface area contributed by atoms with Crippen LogP contribution in [-0.2, 0) is 0 Å². The van der Waals surface area contributed by atoms with E-state index in [0.29, 0.717) is 10.8 Å². The van der Waals surface area contributed by atoms with Crippen LogP contribution in [-0.4, -0.2) is 30.1 Å². The van der Waals surface area contributed by atoms with Gasteiger partial charge < -0.3 is 10.0 Å². The molecule has 4 heteroatoms. The number of benzene rings is 2. The molecule has 2 atom stereocenters. The molecule has 0 spiro atoms. The molecule has 0 saturated carbocycles. The van der Waals surface area contributed by atoms with Gasteiger partial charge in [0.05, 0.1) is 0 Å². The quantitative estimate of drug-likeness (QED) is 0.879. The summed E-state index contributed by atoms with van der Waals surface area (Å²) in [7, 11) is 2.09. The summed E-state index contributed by atoms with van der Waals surface area (Å²) in [5.74, 6) is 0.749. The third-order valence-corrected chi connectivity index (χ3v) is 4.78. The maximum Gasteiger partial charge on any atom is 0.119 e. The maximum atomic E-state index is 10.2. The van der Waals surface area contributed by atoms with Crippen LogP contribution in [0.5, 0.6) is 5.75 Å². The molecule has 2 aromatic rings. The van der Waals surface area contributed by atoms with Crippen molar-refractivity contribution >= 4 is 23.2 Å². The van der Waals surface area contributed by atoms with E-state index in [4.69, 9.17) is 23.2 Å². The second kappa shape index (κ2) is 5.88. The van der Waals surface area contributed by atoms with Crippen LogP contribution in [0.3, 0.4) is 0 Å². The van der Waals surface area contributed by atoms with Crippen LogP contribution in [0, 0.1) is 0 Å². The van der Waals surface area contributed by atoms with E-state index in [1.807, 2.05) is 24.3 Å². The fraction of sp³-hybridized carbons (Fsp3) is 0.294. The van der Waals surface area contributed by atoms with Gasteiger partial charge in [0, 0.05) is 40.5 Å². The molecule has 2 aromatic carbocycles. The Hall–Kier alpha value is -1.22. The first-order valence-electron chi connectivity index (χ1n) is 6.97. The lowest BCUT2D eigenvalue weighted by Crippen LogP contribution is -2.13. The van der Waals surface area contributed by atoms with E-state index in [0.717, 1.165) is 29.2 Å². The summed E-state index contributed by atoms with van der Waals surface area (Å²) in [6, 6.07) is 13.2. The molecule has 1 N–H and O–H groups in total. The number of likely N-dealkylation sites (tertiary alicyclic amines) is 1. The van der Waals surface area contributed by atoms with Crippen molar-refractivity contribution in [3.8, 4) is 5.75 Å². The van der Waals surface area contributed by atoms with Crippen molar-refractivity contribution in [2.75, 3.05) is 20.1 Å². The van der Waals surface area contributed by atoms with Crippen LogP contribution >= 0.6 is 23.2 Å². The molecular formula is C17H17Cl2NO. The fourth-order valence-corrected chi connectivity index (χ4v) is 3.69. The monoisotopic (exact) mass is 321 g/mol. The Morgan fingerprint density at radius 3 is 2.38 bits per heavy atom. The second-order valence-corrected chi connectivity index (χ2v) is 6.50. The Balaban J connectivity index is 2.04. The van der Waals surface area contributed by atoms with Gasteiger partial charge in [-0.15, -0.1) is 0 Å². The van der Waals surface area contributed by atoms with Gasteiger partial charge in [0.2, 0.25) is 0 Å². The largest absolute Gasteiger partial charge is 0.508 e. The van der Waals surface area contributed by atoms with E-state index in [1.165, 1.54) is 0 Å². The van der Waals surface area contributed by atoms with Crippen LogP contribution in [0.4, 0.5) is 0 Å². The number of aromatic hydroxyl groups is 1. The minimum Gasteiger partial charge on any atom is -0.508 e. The summed E-state index contributed by atoms with van der Waals surface area (Å²) in [5, 5.41) is 11.6. The predicted molar refractivity (Wildman–Crippen MR) is 87.5 cm³/mol. The average Bonchev–Trinajstić information content (AvgIpc) is 2.83. The minimum absolute atomic E-state index is 0.189. The molecule has 1 unspecified atom stereocenters. The molecule has 110 valence electrons. The zero-order chi connectivity index (χ0) is 15.0. The summed E-state index contributed by atoms with van der Waals surface area (Å²) in [4.78, 5) is 2.26. The normalized spacial score (nSPS) is 22.6. The van der Waals surface area contributed by atoms with Crippen LogP contribution in [0.2, 0.25) is 10.0 Å². The van der Waals surface area contributed by atoms with E-state index < -0.39 is 0 Å². The summed E-state index contributed by atoms with van der Waals surface area (Å²) in [6.45, 7) is 1.80. The van der Waals surface area contributed by atoms with Crippen molar-refractivity contribution in [2.45, 2.75) is 11.8 Å². The highest BCUT2D eigenvalue weighted by Crippen LogP contribution is 2.44. The van der Waals surface area contributed by atoms with Crippen LogP contribution in [0.25, 0.3) is 0 Å². The Labute approximate surface area is 134 Å². The summed E-state index contributed by atoms with van der Waals surface area (Å²) < 4.78 is 0. The molecule has 21 heavy (non-hydrogen) atoms. The van der Waals surface area contributed by atoms with Gasteiger partial charge in [-0.25, -0.2) is 0 Å². The molecule has 0 radical (unpaired) electrons. The SMILES string of the molecule is CN1CC(c2cc(Cl)ccc2O)[C@H](c2ccccc2Cl)C1. The van der Waals surface area contributed by atoms with E-state index in [2.05, 4.69) is 18.0 Å². The molecular weight excluding hydrogens is 305 g/mol. The molecule has 1 aliphatic rings. The molecule has 0 bridgehead atoms. The molecule has 3 rings (SSSR count). The van der Waals surface area contributed by atoms with Gasteiger partial charge in [-0.05, 0) is 36.9 Å². The van der Waals surface area contributed by atoms with Crippen molar-refractivity contribution in [3.63, 3.8) is 0 Å². The Bertz CT molecular complexity index is 659. The Kier molecular flexibility index (Phi) is 4.12. The number of phenolic OH excluding ortho intramolecular Hbond substituents is 1. The highest BCUT2D eigenvalue weighted by atomic mass is 35.5. The molecule has 1 heterocycles. The first-order valence-corrected chi connectivity index (χ1v) is 7.73. The van der Waals surface area contributed by atoms with Gasteiger partial charge >= 0.3 is 0 Å². The van der Waals surface area contributed by atoms with E-state index in [9.17, 15) is 5.11 Å². The molecule has 0 aromatic heterocycles. The molecule has 1 aliphatic heterocycles. The summed E-state index contributed by atoms with van der Waals surface area (Å²) in [5.41, 5.74) is 2.03. The van der Waals surface area contributed by atoms with Crippen molar-refractivity contribution < 1.29 is 5.11 Å². The lowest BCUT2D eigenvalue weighted by molar-refractivity contribution is 0.405. The van der Waals surface area contributed by atoms with Crippen molar-refractivity contribution in [2.24, 2.45) is 0 Å². The van der Waals surface area contributed by atoms with Crippen molar-refractivity contribution in [3.05, 3.63) is 63.6 Å². The predicted octanol–water partition coefficient (Wildman–Crippen LogP) is 4.51. The van der Waals surface area contributed by atoms with Crippen molar-refractivity contribution in [1.29, 1.82) is 0 Å². The summed E-state index contributed by atoms with van der Waals surface area (Å²) >= 11 is 12.5. The second-order valence-electron chi connectivity index (χ2n) is 5.66. The number of halogens is 2. The van der Waals surface area contributed by atoms with E-state index in [1.54, 1.807) is 12.1 Å². The molecule has 1 fully saturated rings. The van der Waals surface area contributed by atoms with Crippen LogP contribution < -0.4 is 0 Å². The first-order chi connectivity index (χ1) is 10.1. The van der Waals surface area contributed by atoms with Crippen LogP contribution in [0.1, 0.15) is 23.0 Å². The maximum absolute atomic E-state index is 10.2. The van der Waals surface area contributed by atoms with E-state index in [-0.39, 0.29) is 11.8 Å². The number of hydrogen-bond donors (Lipinski definition) is 1. The third kappa shape index (κ3) is 2.89. The standard InChI is InChI=1S/C17H17Cl2NO/c1-20-9-14(12-4-2-3-5-16(12)19)15(10-20)13-8-11(18)6-7-17(13)21/h2-8,14-15,21H,9-10H2,1H3/t14-,15?/m0/s1. The molecule has 0 amide bonds. The number of nitrogens with zero attached hydrogens (tertiary/aromatic N) is 1. The first kappa shape index (κ1) is 14.7. The van der Waals surface area contributed by atoms with Gasteiger partial charge in [-0.1, -0.05) is 41.4 Å². The topological polar surface area (TPSA) is 23.5 Å². The summed E-state index contributed by atoms with van der Waals surface area (Å²) in [6.07, 6.45) is 0. The van der Waals surface area contributed by atoms with Gasteiger partial charge in [-0.3, -0.25) is 0 Å². The lowest BCUT2D eigenvalue weighted by Gasteiger charge is -2.21. The Morgan fingerprint density at radius 1 is 1.00 bits per heavy atom. The van der Waals surface area contributed by atoms with Gasteiger partial charge in [-0.2, -0.15) is 0 Å². The highest BCUT2D eigenvalue weighted by Gasteiger charge is 2.35. The average molecular weight is 322 g/mol. The molecule has 0 aliphatic carbocycles. The number of likely N-dealkylation sites (N-methyl/N-ethyl adjacent to an activating group) is 1. The number of hydrogen-bond acceptors (Lipinski definition) is 2. The molecule has 2 nitrogen and oxygen atoms in total. The van der Waals surface area contributed by atoms with Gasteiger partial charge in [0.15, 0.2) is 0 Å². The fourth-order valence-electron chi connectivity index (χ4n) is 3.23. The lowest BCUT2D eigenvalue weighted by atomic mass is 9.83. The van der Waals surface area contributed by atoms with E-state index >= 15 is 0 Å². The minimum atomic E-state index is 0.189. The zero-order valence-corrected chi connectivity index (χ0v) is 13.3. The van der Waals surface area contributed by atoms with Gasteiger partial charge in [0.25, 0.3) is 0 Å². The Morgan fingerprint density at radius 2 is 1.67 bits per heavy atom. The van der Waals surface area contributed by atoms with Crippen LogP contribution in [0.15, 0.2) is 42.5 Å².